The van der Waals surface area contributed by atoms with Crippen LogP contribution in [0.4, 0.5) is 17.1 Å². The van der Waals surface area contributed by atoms with E-state index in [4.69, 9.17) is 23.2 Å². The van der Waals surface area contributed by atoms with Gasteiger partial charge < -0.3 is 4.90 Å². The first-order valence-electron chi connectivity index (χ1n) is 11.4. The standard InChI is InChI=1S/C27H17Cl2N3O5/c28-16-11-17(29)13-19(12-16)30-26(34)22-21-9-8-14-4-1-2-7-20(14)31(21)24(23(22)27(30)35)25(33)15-5-3-6-18(10-15)32(36)37/h1-13,21-24H. The summed E-state index contributed by atoms with van der Waals surface area (Å²) in [6, 6.07) is 15.6. The lowest BCUT2D eigenvalue weighted by Gasteiger charge is -2.36. The summed E-state index contributed by atoms with van der Waals surface area (Å²) in [4.78, 5) is 55.4. The molecule has 0 saturated carbocycles. The highest BCUT2D eigenvalue weighted by Crippen LogP contribution is 2.50. The average Bonchev–Trinajstić information content (AvgIpc) is 3.35. The van der Waals surface area contributed by atoms with Gasteiger partial charge in [-0.05, 0) is 29.8 Å². The van der Waals surface area contributed by atoms with Crippen molar-refractivity contribution in [3.05, 3.63) is 104 Å². The number of anilines is 2. The molecular weight excluding hydrogens is 517 g/mol. The number of non-ortho nitro benzene ring substituents is 1. The molecule has 184 valence electrons. The summed E-state index contributed by atoms with van der Waals surface area (Å²) in [6.45, 7) is 0. The molecule has 3 aromatic carbocycles. The summed E-state index contributed by atoms with van der Waals surface area (Å²) in [6.07, 6.45) is 3.71. The number of carbonyl (C=O) groups is 3. The molecule has 0 aromatic heterocycles. The van der Waals surface area contributed by atoms with Crippen molar-refractivity contribution in [2.45, 2.75) is 12.1 Å². The number of fused-ring (bicyclic) bond motifs is 5. The third-order valence-electron chi connectivity index (χ3n) is 7.13. The second kappa shape index (κ2) is 8.54. The summed E-state index contributed by atoms with van der Waals surface area (Å²) in [5, 5.41) is 11.9. The third kappa shape index (κ3) is 3.55. The second-order valence-electron chi connectivity index (χ2n) is 9.12. The van der Waals surface area contributed by atoms with Crippen LogP contribution in [0.25, 0.3) is 6.08 Å². The molecule has 6 rings (SSSR count). The first-order valence-corrected chi connectivity index (χ1v) is 12.2. The molecule has 8 nitrogen and oxygen atoms in total. The van der Waals surface area contributed by atoms with E-state index in [2.05, 4.69) is 0 Å². The fraction of sp³-hybridized carbons (Fsp3) is 0.148. The van der Waals surface area contributed by atoms with Crippen LogP contribution < -0.4 is 9.80 Å². The van der Waals surface area contributed by atoms with E-state index in [-0.39, 0.29) is 27.0 Å². The highest BCUT2D eigenvalue weighted by atomic mass is 35.5. The molecule has 0 spiro atoms. The minimum atomic E-state index is -1.06. The number of nitrogens with zero attached hydrogens (tertiary/aromatic N) is 3. The highest BCUT2D eigenvalue weighted by Gasteiger charge is 2.64. The number of amides is 2. The van der Waals surface area contributed by atoms with Gasteiger partial charge in [0.25, 0.3) is 5.69 Å². The van der Waals surface area contributed by atoms with Gasteiger partial charge in [0.1, 0.15) is 6.04 Å². The Balaban J connectivity index is 1.50. The van der Waals surface area contributed by atoms with Crippen LogP contribution in [0.5, 0.6) is 0 Å². The van der Waals surface area contributed by atoms with Gasteiger partial charge in [-0.2, -0.15) is 0 Å². The number of nitro groups is 1. The van der Waals surface area contributed by atoms with E-state index in [1.54, 1.807) is 0 Å². The van der Waals surface area contributed by atoms with E-state index >= 15 is 0 Å². The Morgan fingerprint density at radius 3 is 2.32 bits per heavy atom. The number of nitro benzene ring substituents is 1. The molecule has 0 N–H and O–H groups in total. The summed E-state index contributed by atoms with van der Waals surface area (Å²) >= 11 is 12.3. The van der Waals surface area contributed by atoms with Gasteiger partial charge in [0, 0.05) is 33.4 Å². The smallest absolute Gasteiger partial charge is 0.270 e. The number of carbonyl (C=O) groups excluding carboxylic acids is 3. The normalized spacial score (nSPS) is 23.6. The predicted octanol–water partition coefficient (Wildman–Crippen LogP) is 5.17. The lowest BCUT2D eigenvalue weighted by molar-refractivity contribution is -0.384. The predicted molar refractivity (Wildman–Crippen MR) is 139 cm³/mol. The molecule has 4 unspecified atom stereocenters. The average molecular weight is 534 g/mol. The lowest BCUT2D eigenvalue weighted by atomic mass is 9.86. The number of benzene rings is 3. The Labute approximate surface area is 220 Å². The number of para-hydroxylation sites is 1. The van der Waals surface area contributed by atoms with Gasteiger partial charge in [-0.3, -0.25) is 24.5 Å². The van der Waals surface area contributed by atoms with Crippen molar-refractivity contribution in [2.75, 3.05) is 9.80 Å². The van der Waals surface area contributed by atoms with E-state index in [1.165, 1.54) is 42.5 Å². The van der Waals surface area contributed by atoms with Crippen LogP contribution >= 0.6 is 23.2 Å². The molecule has 37 heavy (non-hydrogen) atoms. The minimum absolute atomic E-state index is 0.0927. The van der Waals surface area contributed by atoms with E-state index in [0.29, 0.717) is 5.69 Å². The highest BCUT2D eigenvalue weighted by molar-refractivity contribution is 6.36. The Morgan fingerprint density at radius 2 is 1.59 bits per heavy atom. The van der Waals surface area contributed by atoms with Gasteiger partial charge in [0.05, 0.1) is 28.5 Å². The van der Waals surface area contributed by atoms with Gasteiger partial charge in [0.15, 0.2) is 5.78 Å². The monoisotopic (exact) mass is 533 g/mol. The Bertz CT molecular complexity index is 1530. The van der Waals surface area contributed by atoms with Crippen molar-refractivity contribution in [1.82, 2.24) is 0 Å². The van der Waals surface area contributed by atoms with E-state index in [0.717, 1.165) is 10.5 Å². The minimum Gasteiger partial charge on any atom is -0.352 e. The maximum atomic E-state index is 14.0. The van der Waals surface area contributed by atoms with Crippen LogP contribution in [0.1, 0.15) is 15.9 Å². The molecule has 0 bridgehead atoms. The summed E-state index contributed by atoms with van der Waals surface area (Å²) < 4.78 is 0. The number of rotatable bonds is 4. The molecule has 0 radical (unpaired) electrons. The fourth-order valence-corrected chi connectivity index (χ4v) is 6.19. The van der Waals surface area contributed by atoms with E-state index in [1.807, 2.05) is 41.3 Å². The Kier molecular flexibility index (Phi) is 5.40. The van der Waals surface area contributed by atoms with Gasteiger partial charge in [-0.1, -0.05) is 65.7 Å². The molecule has 0 aliphatic carbocycles. The zero-order valence-corrected chi connectivity index (χ0v) is 20.5. The SMILES string of the molecule is O=C(c1cccc([N+](=O)[O-])c1)C1C2C(=O)N(c3cc(Cl)cc(Cl)c3)C(=O)C2C2C=Cc3ccccc3N21. The van der Waals surface area contributed by atoms with Crippen molar-refractivity contribution in [1.29, 1.82) is 0 Å². The zero-order valence-electron chi connectivity index (χ0n) is 19.0. The van der Waals surface area contributed by atoms with Crippen LogP contribution in [0.3, 0.4) is 0 Å². The molecule has 3 heterocycles. The van der Waals surface area contributed by atoms with Crippen molar-refractivity contribution < 1.29 is 19.3 Å². The molecule has 4 atom stereocenters. The maximum Gasteiger partial charge on any atom is 0.270 e. The van der Waals surface area contributed by atoms with E-state index < -0.39 is 46.4 Å². The van der Waals surface area contributed by atoms with Gasteiger partial charge in [-0.15, -0.1) is 0 Å². The number of ketones is 1. The zero-order chi connectivity index (χ0) is 26.0. The first-order chi connectivity index (χ1) is 17.8. The van der Waals surface area contributed by atoms with Crippen molar-refractivity contribution >= 4 is 63.9 Å². The van der Waals surface area contributed by atoms with Crippen LogP contribution in [0.15, 0.2) is 72.8 Å². The molecule has 10 heteroatoms. The van der Waals surface area contributed by atoms with Crippen LogP contribution in [0.2, 0.25) is 10.0 Å². The topological polar surface area (TPSA) is 101 Å². The second-order valence-corrected chi connectivity index (χ2v) is 10.00. The van der Waals surface area contributed by atoms with Gasteiger partial charge >= 0.3 is 0 Å². The lowest BCUT2D eigenvalue weighted by Crippen LogP contribution is -2.48. The van der Waals surface area contributed by atoms with Gasteiger partial charge in [0.2, 0.25) is 11.8 Å². The molecule has 2 amide bonds. The van der Waals surface area contributed by atoms with Gasteiger partial charge in [-0.25, -0.2) is 4.90 Å². The number of halogens is 2. The summed E-state index contributed by atoms with van der Waals surface area (Å²) in [5.41, 5.74) is 1.64. The van der Waals surface area contributed by atoms with E-state index in [9.17, 15) is 24.5 Å². The summed E-state index contributed by atoms with van der Waals surface area (Å²) in [5.74, 6) is -3.34. The van der Waals surface area contributed by atoms with Crippen molar-refractivity contribution in [3.63, 3.8) is 0 Å². The van der Waals surface area contributed by atoms with Crippen molar-refractivity contribution in [2.24, 2.45) is 11.8 Å². The van der Waals surface area contributed by atoms with Crippen molar-refractivity contribution in [3.8, 4) is 0 Å². The number of hydrogen-bond donors (Lipinski definition) is 0. The largest absolute Gasteiger partial charge is 0.352 e. The quantitative estimate of drug-likeness (QED) is 0.198. The fourth-order valence-electron chi connectivity index (χ4n) is 5.68. The third-order valence-corrected chi connectivity index (χ3v) is 7.57. The molecule has 3 aliphatic rings. The number of Topliss-reactive ketones (excluding diaryl/α,β-unsaturated/α-hetero) is 1. The summed E-state index contributed by atoms with van der Waals surface area (Å²) in [7, 11) is 0. The number of imide groups is 1. The molecular formula is C27H17Cl2N3O5. The van der Waals surface area contributed by atoms with Crippen LogP contribution in [-0.4, -0.2) is 34.6 Å². The molecule has 3 aliphatic heterocycles. The Hall–Kier alpha value is -4.01. The molecule has 2 fully saturated rings. The first kappa shape index (κ1) is 23.4. The molecule has 3 aromatic rings. The van der Waals surface area contributed by atoms with Crippen LogP contribution in [-0.2, 0) is 9.59 Å². The van der Waals surface area contributed by atoms with Crippen LogP contribution in [0, 0.1) is 22.0 Å². The maximum absolute atomic E-state index is 14.0. The number of hydrogen-bond acceptors (Lipinski definition) is 6. The Morgan fingerprint density at radius 1 is 0.892 bits per heavy atom. The molecule has 2 saturated heterocycles.